The Morgan fingerprint density at radius 2 is 1.03 bits per heavy atom. The maximum absolute atomic E-state index is 13.2. The molecule has 8 aromatic rings. The summed E-state index contributed by atoms with van der Waals surface area (Å²) in [7, 11) is 0. The summed E-state index contributed by atoms with van der Waals surface area (Å²) in [5.41, 5.74) is 1.34. The minimum absolute atomic E-state index is 0.0372. The summed E-state index contributed by atoms with van der Waals surface area (Å²) in [6.45, 7) is 3.38. The Morgan fingerprint density at radius 1 is 0.567 bits per heavy atom. The van der Waals surface area contributed by atoms with Crippen molar-refractivity contribution in [1.29, 1.82) is 0 Å². The first-order chi connectivity index (χ1) is 31.8. The predicted octanol–water partition coefficient (Wildman–Crippen LogP) is 11.8. The van der Waals surface area contributed by atoms with Crippen LogP contribution in [0.25, 0.3) is 27.6 Å². The van der Waals surface area contributed by atoms with Gasteiger partial charge in [-0.25, -0.2) is 14.6 Å². The fourth-order valence-electron chi connectivity index (χ4n) is 7.51. The fourth-order valence-corrected chi connectivity index (χ4v) is 8.26. The first-order valence-corrected chi connectivity index (χ1v) is 20.9. The highest BCUT2D eigenvalue weighted by atomic mass is 35.5. The topological polar surface area (TPSA) is 147 Å². The molecule has 2 aliphatic heterocycles. The van der Waals surface area contributed by atoms with Gasteiger partial charge in [0.15, 0.2) is 11.5 Å². The predicted molar refractivity (Wildman–Crippen MR) is 235 cm³/mol. The molecule has 67 heavy (non-hydrogen) atoms. The number of hydrogen-bond donors (Lipinski definition) is 1. The smallest absolute Gasteiger partial charge is 0.274 e. The lowest BCUT2D eigenvalue weighted by molar-refractivity contribution is -0.142. The van der Waals surface area contributed by atoms with Gasteiger partial charge >= 0.3 is 12.4 Å². The van der Waals surface area contributed by atoms with Gasteiger partial charge in [-0.15, -0.1) is 0 Å². The summed E-state index contributed by atoms with van der Waals surface area (Å²) in [4.78, 5) is 62.5. The minimum Gasteiger partial charge on any atom is -0.274 e. The molecular formula is C46H29Cl3F6N8O4. The van der Waals surface area contributed by atoms with Gasteiger partial charge in [-0.1, -0.05) is 83.3 Å². The molecule has 0 unspecified atom stereocenters. The summed E-state index contributed by atoms with van der Waals surface area (Å²) in [5, 5.41) is 11.0. The number of halogens is 9. The Hall–Kier alpha value is -7.15. The third kappa shape index (κ3) is 8.82. The van der Waals surface area contributed by atoms with Gasteiger partial charge in [-0.05, 0) is 74.5 Å². The number of amides is 4. The molecule has 340 valence electrons. The molecular weight excluding hydrogens is 949 g/mol. The van der Waals surface area contributed by atoms with Gasteiger partial charge in [-0.2, -0.15) is 36.5 Å². The Bertz CT molecular complexity index is 3200. The lowest BCUT2D eigenvalue weighted by atomic mass is 10.0. The van der Waals surface area contributed by atoms with E-state index >= 15 is 0 Å². The van der Waals surface area contributed by atoms with Gasteiger partial charge in [0.1, 0.15) is 10.8 Å². The second-order valence-electron chi connectivity index (χ2n) is 14.9. The largest absolute Gasteiger partial charge is 0.435 e. The number of carbonyl (C=O) groups is 4. The molecule has 0 aliphatic carbocycles. The first kappa shape index (κ1) is 46.4. The van der Waals surface area contributed by atoms with Crippen LogP contribution in [0.1, 0.15) is 89.9 Å². The van der Waals surface area contributed by atoms with Crippen molar-refractivity contribution >= 4 is 80.2 Å². The summed E-state index contributed by atoms with van der Waals surface area (Å²) < 4.78 is 75.2. The van der Waals surface area contributed by atoms with Crippen LogP contribution in [0.5, 0.6) is 0 Å². The highest BCUT2D eigenvalue weighted by Gasteiger charge is 2.41. The number of benzene rings is 4. The monoisotopic (exact) mass is 976 g/mol. The van der Waals surface area contributed by atoms with E-state index in [2.05, 4.69) is 20.2 Å². The van der Waals surface area contributed by atoms with Gasteiger partial charge in [0.2, 0.25) is 0 Å². The van der Waals surface area contributed by atoms with E-state index in [-0.39, 0.29) is 33.9 Å². The van der Waals surface area contributed by atoms with E-state index in [1.807, 2.05) is 18.2 Å². The normalized spacial score (nSPS) is 14.4. The van der Waals surface area contributed by atoms with Crippen molar-refractivity contribution in [3.8, 4) is 5.82 Å². The van der Waals surface area contributed by atoms with Crippen LogP contribution >= 0.6 is 34.8 Å². The number of imide groups is 2. The number of para-hydroxylation sites is 2. The maximum Gasteiger partial charge on any atom is 0.435 e. The highest BCUT2D eigenvalue weighted by molar-refractivity contribution is 6.36. The fraction of sp³-hybridized carbons (Fsp3) is 0.130. The Morgan fingerprint density at radius 3 is 1.45 bits per heavy atom. The molecule has 0 spiro atoms. The Kier molecular flexibility index (Phi) is 12.4. The molecule has 0 saturated carbocycles. The van der Waals surface area contributed by atoms with Gasteiger partial charge < -0.3 is 0 Å². The average Bonchev–Trinajstić information content (AvgIpc) is 4.11. The number of alkyl halides is 6. The number of H-pyrrole nitrogens is 1. The summed E-state index contributed by atoms with van der Waals surface area (Å²) in [5.74, 6) is -1.59. The SMILES string of the molecule is C[C@@H](c1cc2cccc(Cl)c2nc1-n1ccc(C(F)(F)F)n1)N1C(=O)c2ccccc2C1=O.C[C@@H](c1cc2cccc(Cl)c2nc1Cl)N1C(=O)c2ccccc2C1=O.FC(F)(F)c1ccn[nH]1. The van der Waals surface area contributed by atoms with Crippen molar-refractivity contribution in [2.45, 2.75) is 38.3 Å². The number of aromatic amines is 1. The van der Waals surface area contributed by atoms with E-state index in [9.17, 15) is 45.5 Å². The molecule has 21 heteroatoms. The van der Waals surface area contributed by atoms with Crippen LogP contribution in [0.4, 0.5) is 26.3 Å². The zero-order valence-electron chi connectivity index (χ0n) is 34.4. The first-order valence-electron chi connectivity index (χ1n) is 19.7. The van der Waals surface area contributed by atoms with Crippen LogP contribution in [0, 0.1) is 0 Å². The third-order valence-electron chi connectivity index (χ3n) is 10.8. The van der Waals surface area contributed by atoms with E-state index in [0.717, 1.165) is 39.5 Å². The molecule has 4 amide bonds. The maximum atomic E-state index is 13.2. The molecule has 0 bridgehead atoms. The molecule has 0 saturated heterocycles. The van der Waals surface area contributed by atoms with E-state index in [4.69, 9.17) is 34.8 Å². The molecule has 1 N–H and O–H groups in total. The van der Waals surface area contributed by atoms with Gasteiger partial charge in [0.05, 0.1) is 55.4 Å². The van der Waals surface area contributed by atoms with Crippen molar-refractivity contribution < 1.29 is 45.5 Å². The molecule has 6 heterocycles. The number of aromatic nitrogens is 6. The van der Waals surface area contributed by atoms with E-state index in [1.165, 1.54) is 4.90 Å². The number of fused-ring (bicyclic) bond motifs is 4. The molecule has 2 aliphatic rings. The van der Waals surface area contributed by atoms with Crippen LogP contribution in [-0.4, -0.2) is 63.4 Å². The van der Waals surface area contributed by atoms with Gasteiger partial charge in [-0.3, -0.25) is 34.1 Å². The Labute approximate surface area is 389 Å². The zero-order chi connectivity index (χ0) is 48.1. The molecule has 12 nitrogen and oxygen atoms in total. The van der Waals surface area contributed by atoms with Gasteiger partial charge in [0, 0.05) is 34.3 Å². The van der Waals surface area contributed by atoms with Crippen LogP contribution in [-0.2, 0) is 12.4 Å². The summed E-state index contributed by atoms with van der Waals surface area (Å²) >= 11 is 18.8. The minimum atomic E-state index is -4.64. The van der Waals surface area contributed by atoms with Gasteiger partial charge in [0.25, 0.3) is 23.6 Å². The van der Waals surface area contributed by atoms with E-state index in [0.29, 0.717) is 48.7 Å². The quantitative estimate of drug-likeness (QED) is 0.102. The average molecular weight is 978 g/mol. The van der Waals surface area contributed by atoms with Crippen molar-refractivity contribution in [1.82, 2.24) is 39.7 Å². The molecule has 10 rings (SSSR count). The molecule has 2 atom stereocenters. The number of carbonyl (C=O) groups excluding carboxylic acids is 4. The number of rotatable bonds is 5. The molecule has 0 fully saturated rings. The number of nitrogens with one attached hydrogen (secondary N) is 1. The summed E-state index contributed by atoms with van der Waals surface area (Å²) in [6, 6.07) is 27.5. The lowest BCUT2D eigenvalue weighted by Crippen LogP contribution is -2.33. The van der Waals surface area contributed by atoms with Crippen LogP contribution in [0.15, 0.2) is 122 Å². The Balaban J connectivity index is 0.000000157. The molecule has 0 radical (unpaired) electrons. The zero-order valence-corrected chi connectivity index (χ0v) is 36.6. The molecule has 4 aromatic heterocycles. The highest BCUT2D eigenvalue weighted by Crippen LogP contribution is 2.38. The lowest BCUT2D eigenvalue weighted by Gasteiger charge is -2.25. The number of pyridine rings is 2. The van der Waals surface area contributed by atoms with Crippen molar-refractivity contribution in [3.05, 3.63) is 182 Å². The van der Waals surface area contributed by atoms with Crippen molar-refractivity contribution in [2.75, 3.05) is 0 Å². The van der Waals surface area contributed by atoms with E-state index in [1.54, 1.807) is 97.8 Å². The van der Waals surface area contributed by atoms with Crippen molar-refractivity contribution in [3.63, 3.8) is 0 Å². The third-order valence-corrected chi connectivity index (χ3v) is 11.7. The standard InChI is InChI=1S/C23H14ClF3N4O2.C19H12Cl2N2O2.C4H3F3N2/c1-12(31-21(32)14-6-2-3-7-15(14)22(31)33)16-11-13-5-4-8-17(24)19(13)28-20(16)30-10-9-18(29-30)23(25,26)27;1-10(23-18(24)12-6-2-3-7-13(12)19(23)25)14-9-11-5-4-8-15(20)16(11)22-17(14)21;5-4(6,7)3-1-2-8-9-3/h2-12H,1H3;2-10H,1H3;1-2H,(H,8,9)/t12-;10-;/m00./s1. The number of nitrogens with zero attached hydrogens (tertiary/aromatic N) is 7. The van der Waals surface area contributed by atoms with Crippen LogP contribution in [0.3, 0.4) is 0 Å². The van der Waals surface area contributed by atoms with Crippen LogP contribution < -0.4 is 0 Å². The summed E-state index contributed by atoms with van der Waals surface area (Å²) in [6.07, 6.45) is -6.75. The van der Waals surface area contributed by atoms with E-state index < -0.39 is 47.6 Å². The second-order valence-corrected chi connectivity index (χ2v) is 16.1. The van der Waals surface area contributed by atoms with Crippen LogP contribution in [0.2, 0.25) is 15.2 Å². The van der Waals surface area contributed by atoms with Crippen molar-refractivity contribution in [2.24, 2.45) is 0 Å². The number of hydrogen-bond acceptors (Lipinski definition) is 8. The second kappa shape index (κ2) is 17.9. The molecule has 4 aromatic carbocycles.